The van der Waals surface area contributed by atoms with Crippen LogP contribution in [0.4, 0.5) is 0 Å². The molecule has 1 unspecified atom stereocenters. The van der Waals surface area contributed by atoms with Gasteiger partial charge in [0, 0.05) is 5.54 Å². The number of hydrogen-bond donors (Lipinski definition) is 0. The summed E-state index contributed by atoms with van der Waals surface area (Å²) in [6.07, 6.45) is 0. The molecule has 2 aromatic carbocycles. The van der Waals surface area contributed by atoms with Crippen LogP contribution in [-0.4, -0.2) is 15.2 Å². The smallest absolute Gasteiger partial charge is 0.122 e. The van der Waals surface area contributed by atoms with Gasteiger partial charge in [-0.3, -0.25) is 0 Å². The van der Waals surface area contributed by atoms with Crippen LogP contribution in [0, 0.1) is 0 Å². The van der Waals surface area contributed by atoms with Gasteiger partial charge in [-0.15, -0.1) is 0 Å². The Balaban J connectivity index is 2.56. The molecule has 19 heavy (non-hydrogen) atoms. The Morgan fingerprint density at radius 3 is 2.00 bits per heavy atom. The van der Waals surface area contributed by atoms with Crippen LogP contribution in [0.3, 0.4) is 0 Å². The van der Waals surface area contributed by atoms with Gasteiger partial charge in [-0.2, -0.15) is 0 Å². The second kappa shape index (κ2) is 5.62. The fourth-order valence-electron chi connectivity index (χ4n) is 2.70. The number of para-hydroxylation sites is 1. The molecule has 0 aromatic heterocycles. The standard InChI is InChI=1S/C17H22OSi/c1-18-16-13-9-8-12-15(16)17(19(2,3)4)14-10-6-5-7-11-14/h5-13,17H,1-4H3. The van der Waals surface area contributed by atoms with Crippen LogP contribution in [0.25, 0.3) is 0 Å². The van der Waals surface area contributed by atoms with Crippen LogP contribution in [0.15, 0.2) is 54.6 Å². The average molecular weight is 270 g/mol. The van der Waals surface area contributed by atoms with Crippen LogP contribution >= 0.6 is 0 Å². The third-order valence-electron chi connectivity index (χ3n) is 3.45. The van der Waals surface area contributed by atoms with Crippen molar-refractivity contribution in [1.82, 2.24) is 0 Å². The highest BCUT2D eigenvalue weighted by Gasteiger charge is 2.31. The summed E-state index contributed by atoms with van der Waals surface area (Å²) in [5.41, 5.74) is 3.17. The van der Waals surface area contributed by atoms with E-state index in [1.165, 1.54) is 11.1 Å². The number of rotatable bonds is 4. The predicted octanol–water partition coefficient (Wildman–Crippen LogP) is 4.70. The molecule has 0 spiro atoms. The molecule has 2 aromatic rings. The molecule has 0 amide bonds. The number of methoxy groups -OCH3 is 1. The Hall–Kier alpha value is -1.54. The molecular formula is C17H22OSi. The molecule has 2 heteroatoms. The fraction of sp³-hybridized carbons (Fsp3) is 0.294. The summed E-state index contributed by atoms with van der Waals surface area (Å²) in [6.45, 7) is 7.24. The van der Waals surface area contributed by atoms with Crippen molar-refractivity contribution >= 4 is 8.07 Å². The highest BCUT2D eigenvalue weighted by molar-refractivity contribution is 6.78. The van der Waals surface area contributed by atoms with Gasteiger partial charge in [-0.1, -0.05) is 68.2 Å². The Kier molecular flexibility index (Phi) is 4.10. The van der Waals surface area contributed by atoms with Crippen molar-refractivity contribution in [2.45, 2.75) is 25.2 Å². The van der Waals surface area contributed by atoms with E-state index < -0.39 is 8.07 Å². The lowest BCUT2D eigenvalue weighted by Gasteiger charge is -2.31. The molecule has 100 valence electrons. The van der Waals surface area contributed by atoms with Gasteiger partial charge in [-0.05, 0) is 17.2 Å². The first-order chi connectivity index (χ1) is 9.04. The first-order valence-corrected chi connectivity index (χ1v) is 10.3. The van der Waals surface area contributed by atoms with Gasteiger partial charge in [0.15, 0.2) is 0 Å². The van der Waals surface area contributed by atoms with Gasteiger partial charge in [0.1, 0.15) is 5.75 Å². The molecule has 0 aliphatic carbocycles. The summed E-state index contributed by atoms with van der Waals surface area (Å²) >= 11 is 0. The zero-order chi connectivity index (χ0) is 13.9. The third-order valence-corrected chi connectivity index (χ3v) is 5.83. The lowest BCUT2D eigenvalue weighted by Crippen LogP contribution is -2.32. The molecule has 0 radical (unpaired) electrons. The first kappa shape index (κ1) is 13.9. The predicted molar refractivity (Wildman–Crippen MR) is 84.6 cm³/mol. The highest BCUT2D eigenvalue weighted by Crippen LogP contribution is 2.38. The van der Waals surface area contributed by atoms with Crippen LogP contribution in [0.5, 0.6) is 5.75 Å². The minimum atomic E-state index is -1.40. The van der Waals surface area contributed by atoms with E-state index in [0.717, 1.165) is 5.75 Å². The Labute approximate surface area is 117 Å². The second-order valence-corrected chi connectivity index (χ2v) is 11.3. The van der Waals surface area contributed by atoms with Crippen molar-refractivity contribution in [3.63, 3.8) is 0 Å². The van der Waals surface area contributed by atoms with Gasteiger partial charge in [0.05, 0.1) is 15.2 Å². The van der Waals surface area contributed by atoms with Gasteiger partial charge >= 0.3 is 0 Å². The summed E-state index contributed by atoms with van der Waals surface area (Å²) in [7, 11) is 0.359. The Morgan fingerprint density at radius 1 is 0.842 bits per heavy atom. The lowest BCUT2D eigenvalue weighted by molar-refractivity contribution is 0.410. The monoisotopic (exact) mass is 270 g/mol. The SMILES string of the molecule is COc1ccccc1C(c1ccccc1)[Si](C)(C)C. The van der Waals surface area contributed by atoms with Gasteiger partial charge < -0.3 is 4.74 Å². The van der Waals surface area contributed by atoms with Crippen molar-refractivity contribution in [2.75, 3.05) is 7.11 Å². The zero-order valence-electron chi connectivity index (χ0n) is 12.2. The topological polar surface area (TPSA) is 9.23 Å². The second-order valence-electron chi connectivity index (χ2n) is 5.95. The highest BCUT2D eigenvalue weighted by atomic mass is 28.3. The molecule has 0 saturated heterocycles. The van der Waals surface area contributed by atoms with Gasteiger partial charge in [0.25, 0.3) is 0 Å². The molecule has 1 atom stereocenters. The summed E-state index contributed by atoms with van der Waals surface area (Å²) in [4.78, 5) is 0. The van der Waals surface area contributed by atoms with Gasteiger partial charge in [-0.25, -0.2) is 0 Å². The summed E-state index contributed by atoms with van der Waals surface area (Å²) in [5, 5.41) is 0. The van der Waals surface area contributed by atoms with Crippen LogP contribution in [0.2, 0.25) is 19.6 Å². The first-order valence-electron chi connectivity index (χ1n) is 6.72. The molecule has 0 aliphatic heterocycles. The van der Waals surface area contributed by atoms with Crippen molar-refractivity contribution in [1.29, 1.82) is 0 Å². The van der Waals surface area contributed by atoms with E-state index in [1.54, 1.807) is 7.11 Å². The molecule has 0 saturated carbocycles. The minimum Gasteiger partial charge on any atom is -0.496 e. The quantitative estimate of drug-likeness (QED) is 0.731. The molecule has 2 rings (SSSR count). The van der Waals surface area contributed by atoms with Crippen molar-refractivity contribution in [2.24, 2.45) is 0 Å². The number of hydrogen-bond acceptors (Lipinski definition) is 1. The molecule has 1 nitrogen and oxygen atoms in total. The van der Waals surface area contributed by atoms with E-state index in [2.05, 4.69) is 68.2 Å². The van der Waals surface area contributed by atoms with E-state index >= 15 is 0 Å². The van der Waals surface area contributed by atoms with E-state index in [0.29, 0.717) is 5.54 Å². The van der Waals surface area contributed by atoms with Gasteiger partial charge in [0.2, 0.25) is 0 Å². The minimum absolute atomic E-state index is 0.463. The Bertz CT molecular complexity index is 528. The summed E-state index contributed by atoms with van der Waals surface area (Å²) < 4.78 is 5.57. The molecule has 0 aliphatic rings. The molecule has 0 bridgehead atoms. The van der Waals surface area contributed by atoms with E-state index in [1.807, 2.05) is 6.07 Å². The normalized spacial score (nSPS) is 13.1. The summed E-state index contributed by atoms with van der Waals surface area (Å²) in [5.74, 6) is 0.999. The molecular weight excluding hydrogens is 248 g/mol. The van der Waals surface area contributed by atoms with Crippen LogP contribution in [0.1, 0.15) is 16.7 Å². The van der Waals surface area contributed by atoms with E-state index in [-0.39, 0.29) is 0 Å². The Morgan fingerprint density at radius 2 is 1.42 bits per heavy atom. The van der Waals surface area contributed by atoms with Crippen LogP contribution < -0.4 is 4.74 Å². The van der Waals surface area contributed by atoms with E-state index in [4.69, 9.17) is 4.74 Å². The molecule has 0 N–H and O–H groups in total. The van der Waals surface area contributed by atoms with Crippen molar-refractivity contribution in [3.8, 4) is 5.75 Å². The lowest BCUT2D eigenvalue weighted by atomic mass is 10.0. The summed E-state index contributed by atoms with van der Waals surface area (Å²) in [6, 6.07) is 19.2. The largest absolute Gasteiger partial charge is 0.496 e. The van der Waals surface area contributed by atoms with E-state index in [9.17, 15) is 0 Å². The number of benzene rings is 2. The average Bonchev–Trinajstić information content (AvgIpc) is 2.39. The zero-order valence-corrected chi connectivity index (χ0v) is 13.2. The fourth-order valence-corrected chi connectivity index (χ4v) is 5.06. The van der Waals surface area contributed by atoms with Crippen molar-refractivity contribution in [3.05, 3.63) is 65.7 Å². The van der Waals surface area contributed by atoms with Crippen molar-refractivity contribution < 1.29 is 4.74 Å². The number of ether oxygens (including phenoxy) is 1. The maximum atomic E-state index is 5.57. The molecule has 0 heterocycles. The maximum absolute atomic E-state index is 5.57. The third kappa shape index (κ3) is 3.07. The molecule has 0 fully saturated rings. The maximum Gasteiger partial charge on any atom is 0.122 e. The van der Waals surface area contributed by atoms with Crippen LogP contribution in [-0.2, 0) is 0 Å².